The van der Waals surface area contributed by atoms with Crippen molar-refractivity contribution in [1.82, 2.24) is 4.98 Å². The molecule has 2 fully saturated rings. The van der Waals surface area contributed by atoms with Gasteiger partial charge >= 0.3 is 14.2 Å². The fourth-order valence-corrected chi connectivity index (χ4v) is 4.18. The van der Waals surface area contributed by atoms with Crippen LogP contribution in [-0.4, -0.2) is 41.6 Å². The van der Waals surface area contributed by atoms with Gasteiger partial charge in [0, 0.05) is 21.8 Å². The lowest BCUT2D eigenvalue weighted by Gasteiger charge is -2.32. The molecule has 2 aromatic carbocycles. The Kier molecular flexibility index (Phi) is 4.34. The van der Waals surface area contributed by atoms with Crippen molar-refractivity contribution in [3.8, 4) is 0 Å². The minimum Gasteiger partial charge on any atom is -0.399 e. The summed E-state index contributed by atoms with van der Waals surface area (Å²) in [6.07, 6.45) is 0. The lowest BCUT2D eigenvalue weighted by atomic mass is 9.77. The molecule has 0 bridgehead atoms. The van der Waals surface area contributed by atoms with Gasteiger partial charge in [-0.1, -0.05) is 24.3 Å². The molecule has 2 aliphatic rings. The fourth-order valence-electron chi connectivity index (χ4n) is 4.18. The number of fused-ring (bicyclic) bond motifs is 3. The van der Waals surface area contributed by atoms with Crippen molar-refractivity contribution in [3.63, 3.8) is 0 Å². The first-order valence-electron chi connectivity index (χ1n) is 11.1. The molecule has 3 heterocycles. The van der Waals surface area contributed by atoms with Gasteiger partial charge in [-0.25, -0.2) is 0 Å². The zero-order valence-electron chi connectivity index (χ0n) is 19.8. The van der Waals surface area contributed by atoms with E-state index in [1.54, 1.807) is 0 Å². The predicted molar refractivity (Wildman–Crippen MR) is 127 cm³/mol. The van der Waals surface area contributed by atoms with Gasteiger partial charge in [-0.3, -0.25) is 0 Å². The molecule has 3 aromatic rings. The summed E-state index contributed by atoms with van der Waals surface area (Å²) in [6, 6.07) is 12.7. The summed E-state index contributed by atoms with van der Waals surface area (Å²) in [5.41, 5.74) is 2.75. The van der Waals surface area contributed by atoms with Crippen LogP contribution >= 0.6 is 0 Å². The fraction of sp³-hybridized carbons (Fsp3) is 0.500. The SMILES string of the molecule is CC1(C)OB(c2ccc3[nH]c4ccc(B5OC(C)(C)C(C)(C)O5)cc4c3c2)OC1(C)C. The highest BCUT2D eigenvalue weighted by Gasteiger charge is 2.52. The van der Waals surface area contributed by atoms with Gasteiger partial charge in [0.05, 0.1) is 22.4 Å². The van der Waals surface area contributed by atoms with E-state index in [1.807, 2.05) is 0 Å². The lowest BCUT2D eigenvalue weighted by molar-refractivity contribution is 0.00578. The Hall–Kier alpha value is -1.79. The Bertz CT molecular complexity index is 1060. The third kappa shape index (κ3) is 3.17. The van der Waals surface area contributed by atoms with Gasteiger partial charge in [-0.15, -0.1) is 0 Å². The topological polar surface area (TPSA) is 52.7 Å². The highest BCUT2D eigenvalue weighted by molar-refractivity contribution is 6.63. The van der Waals surface area contributed by atoms with E-state index in [0.717, 1.165) is 32.7 Å². The molecule has 1 aromatic heterocycles. The summed E-state index contributed by atoms with van der Waals surface area (Å²) >= 11 is 0. The first kappa shape index (κ1) is 21.1. The molecule has 0 radical (unpaired) electrons. The van der Waals surface area contributed by atoms with Crippen LogP contribution in [0.5, 0.6) is 0 Å². The maximum atomic E-state index is 6.27. The van der Waals surface area contributed by atoms with E-state index in [2.05, 4.69) is 96.8 Å². The maximum Gasteiger partial charge on any atom is 0.494 e. The Morgan fingerprint density at radius 1 is 0.548 bits per heavy atom. The zero-order valence-corrected chi connectivity index (χ0v) is 19.8. The summed E-state index contributed by atoms with van der Waals surface area (Å²) in [4.78, 5) is 3.52. The summed E-state index contributed by atoms with van der Waals surface area (Å²) in [5, 5.41) is 2.28. The number of benzene rings is 2. The summed E-state index contributed by atoms with van der Waals surface area (Å²) < 4.78 is 25.1. The highest BCUT2D eigenvalue weighted by Crippen LogP contribution is 2.38. The van der Waals surface area contributed by atoms with Gasteiger partial charge in [-0.2, -0.15) is 0 Å². The van der Waals surface area contributed by atoms with Gasteiger partial charge in [0.2, 0.25) is 0 Å². The van der Waals surface area contributed by atoms with Crippen molar-refractivity contribution >= 4 is 47.0 Å². The summed E-state index contributed by atoms with van der Waals surface area (Å²) in [5.74, 6) is 0. The van der Waals surface area contributed by atoms with Crippen LogP contribution in [-0.2, 0) is 18.6 Å². The van der Waals surface area contributed by atoms with Crippen LogP contribution < -0.4 is 10.9 Å². The molecular formula is C24H31B2NO4. The van der Waals surface area contributed by atoms with E-state index in [9.17, 15) is 0 Å². The molecule has 2 saturated heterocycles. The number of nitrogens with one attached hydrogen (secondary N) is 1. The van der Waals surface area contributed by atoms with Crippen LogP contribution in [0.2, 0.25) is 0 Å². The molecule has 0 amide bonds. The predicted octanol–water partition coefficient (Wildman–Crippen LogP) is 3.92. The second kappa shape index (κ2) is 6.38. The molecule has 5 rings (SSSR count). The molecule has 31 heavy (non-hydrogen) atoms. The third-order valence-corrected chi connectivity index (χ3v) is 7.70. The number of hydrogen-bond donors (Lipinski definition) is 1. The first-order chi connectivity index (χ1) is 14.3. The van der Waals surface area contributed by atoms with E-state index in [-0.39, 0.29) is 36.6 Å². The minimum atomic E-state index is -0.384. The van der Waals surface area contributed by atoms with Crippen molar-refractivity contribution in [3.05, 3.63) is 36.4 Å². The third-order valence-electron chi connectivity index (χ3n) is 7.70. The number of hydrogen-bond acceptors (Lipinski definition) is 4. The minimum absolute atomic E-state index is 0.364. The molecule has 7 heteroatoms. The molecule has 162 valence electrons. The average Bonchev–Trinajstić information content (AvgIpc) is 3.20. The van der Waals surface area contributed by atoms with Crippen molar-refractivity contribution in [2.45, 2.75) is 77.8 Å². The highest BCUT2D eigenvalue weighted by atomic mass is 16.7. The molecule has 0 unspecified atom stereocenters. The van der Waals surface area contributed by atoms with Crippen LogP contribution in [0.1, 0.15) is 55.4 Å². The van der Waals surface area contributed by atoms with E-state index in [1.165, 1.54) is 0 Å². The molecular weight excluding hydrogens is 388 g/mol. The zero-order chi connectivity index (χ0) is 22.4. The molecule has 0 atom stereocenters. The van der Waals surface area contributed by atoms with Crippen molar-refractivity contribution in [2.24, 2.45) is 0 Å². The van der Waals surface area contributed by atoms with Crippen LogP contribution in [0.15, 0.2) is 36.4 Å². The van der Waals surface area contributed by atoms with Gasteiger partial charge in [-0.05, 0) is 78.4 Å². The monoisotopic (exact) mass is 419 g/mol. The van der Waals surface area contributed by atoms with Crippen LogP contribution in [0.25, 0.3) is 21.8 Å². The Labute approximate surface area is 185 Å². The van der Waals surface area contributed by atoms with Gasteiger partial charge < -0.3 is 23.6 Å². The van der Waals surface area contributed by atoms with Gasteiger partial charge in [0.25, 0.3) is 0 Å². The quantitative estimate of drug-likeness (QED) is 0.640. The Morgan fingerprint density at radius 2 is 0.871 bits per heavy atom. The number of rotatable bonds is 2. The standard InChI is InChI=1S/C24H31B2NO4/c1-21(2)22(3,4)29-25(28-21)15-9-11-19-17(13-15)18-14-16(10-12-20(18)27-19)26-30-23(5,6)24(7,8)31-26/h9-14,27H,1-8H3. The van der Waals surface area contributed by atoms with Crippen LogP contribution in [0.4, 0.5) is 0 Å². The Morgan fingerprint density at radius 3 is 1.19 bits per heavy atom. The largest absolute Gasteiger partial charge is 0.494 e. The molecule has 2 aliphatic heterocycles. The van der Waals surface area contributed by atoms with E-state index < -0.39 is 0 Å². The van der Waals surface area contributed by atoms with E-state index in [0.29, 0.717) is 0 Å². The Balaban J connectivity index is 1.55. The maximum absolute atomic E-state index is 6.27. The van der Waals surface area contributed by atoms with Crippen molar-refractivity contribution in [2.75, 3.05) is 0 Å². The van der Waals surface area contributed by atoms with E-state index in [4.69, 9.17) is 18.6 Å². The molecule has 0 aliphatic carbocycles. The number of aromatic amines is 1. The van der Waals surface area contributed by atoms with E-state index >= 15 is 0 Å². The van der Waals surface area contributed by atoms with Crippen molar-refractivity contribution < 1.29 is 18.6 Å². The first-order valence-corrected chi connectivity index (χ1v) is 11.1. The normalized spacial score (nSPS) is 23.9. The molecule has 5 nitrogen and oxygen atoms in total. The number of H-pyrrole nitrogens is 1. The lowest BCUT2D eigenvalue weighted by Crippen LogP contribution is -2.41. The smallest absolute Gasteiger partial charge is 0.399 e. The second-order valence-electron chi connectivity index (χ2n) is 10.9. The molecule has 0 saturated carbocycles. The van der Waals surface area contributed by atoms with Gasteiger partial charge in [0.1, 0.15) is 0 Å². The number of aromatic nitrogens is 1. The molecule has 1 N–H and O–H groups in total. The van der Waals surface area contributed by atoms with Crippen molar-refractivity contribution in [1.29, 1.82) is 0 Å². The van der Waals surface area contributed by atoms with Crippen LogP contribution in [0, 0.1) is 0 Å². The van der Waals surface area contributed by atoms with Crippen LogP contribution in [0.3, 0.4) is 0 Å². The summed E-state index contributed by atoms with van der Waals surface area (Å²) in [6.45, 7) is 16.6. The summed E-state index contributed by atoms with van der Waals surface area (Å²) in [7, 11) is -0.767. The van der Waals surface area contributed by atoms with Gasteiger partial charge in [0.15, 0.2) is 0 Å². The average molecular weight is 419 g/mol. The second-order valence-corrected chi connectivity index (χ2v) is 10.9. The molecule has 0 spiro atoms.